The summed E-state index contributed by atoms with van der Waals surface area (Å²) in [6.07, 6.45) is 18.8. The minimum Gasteiger partial charge on any atom is -0.505 e. The van der Waals surface area contributed by atoms with Gasteiger partial charge in [0.25, 0.3) is 0 Å². The van der Waals surface area contributed by atoms with Crippen molar-refractivity contribution in [2.24, 2.45) is 58.2 Å². The smallest absolute Gasteiger partial charge is 0.339 e. The molecular weight excluding hydrogens is 707 g/mol. The van der Waals surface area contributed by atoms with Crippen LogP contribution in [-0.2, 0) is 0 Å². The molecule has 4 aliphatic carbocycles. The van der Waals surface area contributed by atoms with Gasteiger partial charge in [0.2, 0.25) is 0 Å². The topological polar surface area (TPSA) is 115 Å². The molecule has 0 amide bonds. The van der Waals surface area contributed by atoms with Crippen LogP contribution in [-0.4, -0.2) is 32.4 Å². The van der Waals surface area contributed by atoms with Gasteiger partial charge in [-0.2, -0.15) is 0 Å². The van der Waals surface area contributed by atoms with Crippen molar-refractivity contribution in [2.45, 2.75) is 137 Å². The highest BCUT2D eigenvalue weighted by Gasteiger charge is 2.60. The second-order valence-electron chi connectivity index (χ2n) is 18.7. The Hall–Kier alpha value is -2.44. The first-order valence-electron chi connectivity index (χ1n) is 20.6. The standard InChI is InChI=1S/C45H62Cl2O6/c1-25(2)8-6-9-26(3)35-14-15-36-32-13-12-30-20-27(16-18-44(30,4)37(32)17-19-45(35,36)5)10-7-11-31(28-21-33(42(50)51)40(48)38(46)23-28)29-22-34(43(52)53)41(49)39(47)24-29/h21-27,30-32,35-37,48-49H,6-20H2,1-5H3,(H,50,51)(H,52,53)/t26?,27-,30?,32?,35+,36?,37?,44-,45+/m0/s1. The number of aromatic hydroxyl groups is 2. The summed E-state index contributed by atoms with van der Waals surface area (Å²) in [5, 5.41) is 40.1. The molecule has 0 radical (unpaired) electrons. The van der Waals surface area contributed by atoms with E-state index in [1.54, 1.807) is 12.1 Å². The monoisotopic (exact) mass is 768 g/mol. The lowest BCUT2D eigenvalue weighted by Crippen LogP contribution is -2.53. The SMILES string of the molecule is CC(C)CCCC(C)[C@H]1CCC2C3CCC4C[C@@H](CCCC(c5cc(Cl)c(O)c(C(=O)O)c5)c5cc(Cl)c(O)c(C(=O)O)c5)CC[C@]4(C)C3CC[C@@]21C. The van der Waals surface area contributed by atoms with Gasteiger partial charge in [-0.3, -0.25) is 0 Å². The lowest BCUT2D eigenvalue weighted by atomic mass is 9.44. The van der Waals surface area contributed by atoms with Crippen LogP contribution in [0.15, 0.2) is 24.3 Å². The number of benzene rings is 2. The molecule has 292 valence electrons. The summed E-state index contributed by atoms with van der Waals surface area (Å²) in [5.41, 5.74) is 1.42. The summed E-state index contributed by atoms with van der Waals surface area (Å²) >= 11 is 12.7. The highest BCUT2D eigenvalue weighted by Crippen LogP contribution is 2.69. The van der Waals surface area contributed by atoms with E-state index in [2.05, 4.69) is 34.6 Å². The van der Waals surface area contributed by atoms with Gasteiger partial charge >= 0.3 is 11.9 Å². The molecule has 0 aliphatic heterocycles. The number of hydrogen-bond donors (Lipinski definition) is 4. The number of halogens is 2. The third-order valence-corrected chi connectivity index (χ3v) is 16.1. The van der Waals surface area contributed by atoms with Crippen LogP contribution in [0.5, 0.6) is 11.5 Å². The third kappa shape index (κ3) is 7.84. The average Bonchev–Trinajstić information content (AvgIpc) is 3.46. The first-order valence-corrected chi connectivity index (χ1v) is 21.3. The molecule has 4 fully saturated rings. The van der Waals surface area contributed by atoms with Crippen LogP contribution in [0.3, 0.4) is 0 Å². The summed E-state index contributed by atoms with van der Waals surface area (Å²) in [7, 11) is 0. The first-order chi connectivity index (χ1) is 25.0. The van der Waals surface area contributed by atoms with Crippen molar-refractivity contribution >= 4 is 35.1 Å². The Morgan fingerprint density at radius 3 is 1.91 bits per heavy atom. The maximum absolute atomic E-state index is 12.0. The highest BCUT2D eigenvalue weighted by atomic mass is 35.5. The number of rotatable bonds is 13. The van der Waals surface area contributed by atoms with E-state index < -0.39 is 29.4 Å². The number of carbonyl (C=O) groups is 2. The van der Waals surface area contributed by atoms with E-state index in [0.717, 1.165) is 54.3 Å². The van der Waals surface area contributed by atoms with Crippen molar-refractivity contribution in [3.05, 3.63) is 56.6 Å². The third-order valence-electron chi connectivity index (χ3n) is 15.5. The number of hydrogen-bond acceptors (Lipinski definition) is 4. The molecule has 53 heavy (non-hydrogen) atoms. The van der Waals surface area contributed by atoms with E-state index in [1.807, 2.05) is 0 Å². The van der Waals surface area contributed by atoms with E-state index in [0.29, 0.717) is 34.3 Å². The Balaban J connectivity index is 1.13. The van der Waals surface area contributed by atoms with Crippen LogP contribution in [0, 0.1) is 58.2 Å². The Morgan fingerprint density at radius 2 is 1.32 bits per heavy atom. The molecule has 2 aromatic carbocycles. The summed E-state index contributed by atoms with van der Waals surface area (Å²) in [5.74, 6) is 2.42. The predicted molar refractivity (Wildman–Crippen MR) is 212 cm³/mol. The predicted octanol–water partition coefficient (Wildman–Crippen LogP) is 12.8. The normalized spacial score (nSPS) is 31.6. The molecule has 6 nitrogen and oxygen atoms in total. The van der Waals surface area contributed by atoms with E-state index in [-0.39, 0.29) is 21.2 Å². The van der Waals surface area contributed by atoms with Crippen molar-refractivity contribution in [3.63, 3.8) is 0 Å². The molecule has 4 N–H and O–H groups in total. The molecule has 9 atom stereocenters. The molecule has 4 saturated carbocycles. The van der Waals surface area contributed by atoms with Crippen LogP contribution in [0.1, 0.15) is 169 Å². The zero-order valence-electron chi connectivity index (χ0n) is 32.5. The summed E-state index contributed by atoms with van der Waals surface area (Å²) in [4.78, 5) is 24.0. The summed E-state index contributed by atoms with van der Waals surface area (Å²) in [6.45, 7) is 12.6. The van der Waals surface area contributed by atoms with Crippen molar-refractivity contribution in [1.82, 2.24) is 0 Å². The van der Waals surface area contributed by atoms with Crippen LogP contribution in [0.25, 0.3) is 0 Å². The Kier molecular flexibility index (Phi) is 12.1. The molecule has 5 unspecified atom stereocenters. The first kappa shape index (κ1) is 40.2. The Morgan fingerprint density at radius 1 is 0.736 bits per heavy atom. The van der Waals surface area contributed by atoms with Crippen LogP contribution in [0.2, 0.25) is 10.0 Å². The second-order valence-corrected chi connectivity index (χ2v) is 19.5. The van der Waals surface area contributed by atoms with E-state index in [9.17, 15) is 30.0 Å². The molecule has 8 heteroatoms. The zero-order chi connectivity index (χ0) is 38.4. The molecule has 2 aromatic rings. The largest absolute Gasteiger partial charge is 0.505 e. The van der Waals surface area contributed by atoms with Crippen molar-refractivity contribution < 1.29 is 30.0 Å². The fourth-order valence-electron chi connectivity index (χ4n) is 12.7. The van der Waals surface area contributed by atoms with Crippen LogP contribution >= 0.6 is 23.2 Å². The Labute approximate surface area is 327 Å². The molecule has 0 aromatic heterocycles. The van der Waals surface area contributed by atoms with Gasteiger partial charge in [-0.05, 0) is 158 Å². The van der Waals surface area contributed by atoms with Crippen LogP contribution in [0.4, 0.5) is 0 Å². The summed E-state index contributed by atoms with van der Waals surface area (Å²) < 4.78 is 0. The summed E-state index contributed by atoms with van der Waals surface area (Å²) in [6, 6.07) is 5.92. The van der Waals surface area contributed by atoms with E-state index >= 15 is 0 Å². The van der Waals surface area contributed by atoms with Crippen molar-refractivity contribution in [3.8, 4) is 11.5 Å². The second kappa shape index (κ2) is 16.0. The van der Waals surface area contributed by atoms with Crippen LogP contribution < -0.4 is 0 Å². The zero-order valence-corrected chi connectivity index (χ0v) is 34.0. The molecule has 4 aliphatic rings. The van der Waals surface area contributed by atoms with Gasteiger partial charge < -0.3 is 20.4 Å². The van der Waals surface area contributed by atoms with Gasteiger partial charge in [-0.15, -0.1) is 0 Å². The number of carboxylic acid groups (broad SMARTS) is 2. The number of phenols is 2. The Bertz CT molecular complexity index is 1600. The van der Waals surface area contributed by atoms with Gasteiger partial charge in [0, 0.05) is 5.92 Å². The minimum absolute atomic E-state index is 0.0808. The average molecular weight is 770 g/mol. The molecular formula is C45H62Cl2O6. The molecule has 0 saturated heterocycles. The van der Waals surface area contributed by atoms with Gasteiger partial charge in [-0.25, -0.2) is 9.59 Å². The molecule has 0 spiro atoms. The fourth-order valence-corrected chi connectivity index (χ4v) is 13.2. The lowest BCUT2D eigenvalue weighted by molar-refractivity contribution is -0.121. The number of aromatic carboxylic acids is 2. The highest BCUT2D eigenvalue weighted by molar-refractivity contribution is 6.33. The van der Waals surface area contributed by atoms with E-state index in [1.165, 1.54) is 89.2 Å². The lowest BCUT2D eigenvalue weighted by Gasteiger charge is -2.61. The molecule has 0 bridgehead atoms. The van der Waals surface area contributed by atoms with Gasteiger partial charge in [0.1, 0.15) is 22.6 Å². The maximum atomic E-state index is 12.0. The minimum atomic E-state index is -1.30. The maximum Gasteiger partial charge on any atom is 0.339 e. The van der Waals surface area contributed by atoms with Crippen molar-refractivity contribution in [1.29, 1.82) is 0 Å². The van der Waals surface area contributed by atoms with E-state index in [4.69, 9.17) is 23.2 Å². The fraction of sp³-hybridized carbons (Fsp3) is 0.689. The number of carboxylic acids is 2. The van der Waals surface area contributed by atoms with Crippen molar-refractivity contribution in [2.75, 3.05) is 0 Å². The number of fused-ring (bicyclic) bond motifs is 5. The molecule has 0 heterocycles. The quantitative estimate of drug-likeness (QED) is 0.161. The molecule has 6 rings (SSSR count). The van der Waals surface area contributed by atoms with Gasteiger partial charge in [-0.1, -0.05) is 89.9 Å². The van der Waals surface area contributed by atoms with Gasteiger partial charge in [0.05, 0.1) is 10.0 Å². The van der Waals surface area contributed by atoms with Gasteiger partial charge in [0.15, 0.2) is 0 Å².